The maximum atomic E-state index is 12.2. The van der Waals surface area contributed by atoms with Gasteiger partial charge in [-0.15, -0.1) is 0 Å². The number of carbonyl (C=O) groups excluding carboxylic acids is 8. The van der Waals surface area contributed by atoms with Crippen molar-refractivity contribution >= 4 is 47.3 Å². The second-order valence-corrected chi connectivity index (χ2v) is 27.3. The van der Waals surface area contributed by atoms with Crippen LogP contribution in [0.25, 0.3) is 0 Å². The van der Waals surface area contributed by atoms with E-state index in [-0.39, 0.29) is 80.4 Å². The number of carbonyl (C=O) groups is 8. The van der Waals surface area contributed by atoms with E-state index in [0.29, 0.717) is 35.2 Å². The number of aliphatic hydroxyl groups is 16. The van der Waals surface area contributed by atoms with Crippen molar-refractivity contribution in [2.24, 2.45) is 5.92 Å². The van der Waals surface area contributed by atoms with Crippen LogP contribution >= 0.6 is 0 Å². The molecule has 109 heavy (non-hydrogen) atoms. The lowest BCUT2D eigenvalue weighted by Crippen LogP contribution is -2.60. The van der Waals surface area contributed by atoms with Crippen LogP contribution in [0.2, 0.25) is 0 Å². The molecular weight excluding hydrogens is 1440 g/mol. The molecule has 5 aliphatic heterocycles. The zero-order valence-electron chi connectivity index (χ0n) is 63.2. The Bertz CT molecular complexity index is 3210. The third-order valence-corrected chi connectivity index (χ3v) is 17.4. The van der Waals surface area contributed by atoms with Crippen molar-refractivity contribution in [1.29, 1.82) is 0 Å². The summed E-state index contributed by atoms with van der Waals surface area (Å²) in [5, 5.41) is 178. The van der Waals surface area contributed by atoms with E-state index in [1.807, 2.05) is 25.1 Å². The van der Waals surface area contributed by atoms with Crippen molar-refractivity contribution in [1.82, 2.24) is 42.5 Å². The number of amides is 8. The molecule has 6 aliphatic rings. The van der Waals surface area contributed by atoms with E-state index in [2.05, 4.69) is 42.5 Å². The van der Waals surface area contributed by atoms with Crippen molar-refractivity contribution < 1.29 is 144 Å². The number of hydrogen-bond donors (Lipinski definition) is 24. The monoisotopic (exact) mass is 1560 g/mol. The summed E-state index contributed by atoms with van der Waals surface area (Å²) in [5.41, 5.74) is 0.806. The summed E-state index contributed by atoms with van der Waals surface area (Å²) < 4.78 is 27.3. The third-order valence-electron chi connectivity index (χ3n) is 17.4. The van der Waals surface area contributed by atoms with Crippen molar-refractivity contribution in [3.05, 3.63) is 95.1 Å². The second kappa shape index (κ2) is 47.3. The molecule has 10 unspecified atom stereocenters. The molecular formula is C72H116N8O29. The van der Waals surface area contributed by atoms with Crippen LogP contribution in [0.5, 0.6) is 0 Å². The van der Waals surface area contributed by atoms with Crippen LogP contribution in [0.3, 0.4) is 0 Å². The Morgan fingerprint density at radius 3 is 1.11 bits per heavy atom. The van der Waals surface area contributed by atoms with Crippen LogP contribution in [-0.4, -0.2) is 308 Å². The molecule has 618 valence electrons. The zero-order chi connectivity index (χ0) is 82.3. The molecule has 37 heteroatoms. The first-order valence-corrected chi connectivity index (χ1v) is 35.8. The number of benzene rings is 1. The average Bonchev–Trinajstić information content (AvgIpc) is 1.35. The van der Waals surface area contributed by atoms with Crippen molar-refractivity contribution in [2.45, 2.75) is 267 Å². The predicted octanol–water partition coefficient (Wildman–Crippen LogP) is -6.41. The van der Waals surface area contributed by atoms with Gasteiger partial charge < -0.3 is 148 Å². The van der Waals surface area contributed by atoms with Crippen LogP contribution < -0.4 is 42.5 Å². The third kappa shape index (κ3) is 33.3. The van der Waals surface area contributed by atoms with Crippen molar-refractivity contribution in [2.75, 3.05) is 32.8 Å². The topological polar surface area (TPSA) is 603 Å². The average molecular weight is 1560 g/mol. The van der Waals surface area contributed by atoms with Gasteiger partial charge in [0.15, 0.2) is 0 Å². The molecule has 0 saturated heterocycles. The van der Waals surface area contributed by atoms with Gasteiger partial charge in [0.05, 0.1) is 115 Å². The Kier molecular flexibility index (Phi) is 41.3. The Hall–Kier alpha value is -7.96. The summed E-state index contributed by atoms with van der Waals surface area (Å²) in [4.78, 5) is 91.0. The van der Waals surface area contributed by atoms with E-state index in [9.17, 15) is 110 Å². The molecule has 0 spiro atoms. The number of rotatable bonds is 29. The highest BCUT2D eigenvalue weighted by Crippen LogP contribution is 2.30. The SMILES string of the molecule is CC(=O)NC[C@@H](O)[C@@H](O)C1OC(C)=CC(O)[C@H]1NC(C)=O.CC(=O)N[C@@H]1C(O)C=C(C)OC1C[C@H](O)CO.CC(=O)N[C@@H]1C(O)C=C(C)OC1[C@H](O)[C@H](O)CNC(=O)C1CC1.CC1=CC(O)[C@@H](NC(=O)Cc2ccccc2)C([C@H](O)[C@H](O)CO)O1.CCCCC(=O)NC[C@@H](O)[C@@H](O)C1OC(C)=CC(O)[C@H]1NC(C)=O. The number of nitrogens with one attached hydrogen (secondary N) is 8. The second-order valence-electron chi connectivity index (χ2n) is 27.3. The van der Waals surface area contributed by atoms with Gasteiger partial charge >= 0.3 is 0 Å². The van der Waals surface area contributed by atoms with E-state index in [4.69, 9.17) is 33.9 Å². The van der Waals surface area contributed by atoms with Gasteiger partial charge in [0, 0.05) is 73.0 Å². The Morgan fingerprint density at radius 1 is 0.422 bits per heavy atom. The van der Waals surface area contributed by atoms with Crippen molar-refractivity contribution in [3.63, 3.8) is 0 Å². The molecule has 37 nitrogen and oxygen atoms in total. The Labute approximate surface area is 632 Å². The minimum Gasteiger partial charge on any atom is -0.493 e. The van der Waals surface area contributed by atoms with Gasteiger partial charge in [-0.25, -0.2) is 0 Å². The molecule has 24 atom stereocenters. The first-order chi connectivity index (χ1) is 51.1. The van der Waals surface area contributed by atoms with Crippen LogP contribution in [-0.2, 0) is 68.5 Å². The smallest absolute Gasteiger partial charge is 0.224 e. The fourth-order valence-electron chi connectivity index (χ4n) is 11.8. The number of unbranched alkanes of at least 4 members (excludes halogenated alkanes) is 1. The summed E-state index contributed by atoms with van der Waals surface area (Å²) >= 11 is 0. The van der Waals surface area contributed by atoms with Gasteiger partial charge in [-0.05, 0) is 89.8 Å². The van der Waals surface area contributed by atoms with E-state index in [1.54, 1.807) is 46.8 Å². The van der Waals surface area contributed by atoms with E-state index in [0.717, 1.165) is 31.2 Å². The summed E-state index contributed by atoms with van der Waals surface area (Å²) in [6.07, 6.45) is -10.6. The minimum atomic E-state index is -1.46. The molecule has 0 aromatic heterocycles. The molecule has 24 N–H and O–H groups in total. The van der Waals surface area contributed by atoms with Gasteiger partial charge in [-0.2, -0.15) is 0 Å². The quantitative estimate of drug-likeness (QED) is 0.0355. The van der Waals surface area contributed by atoms with Crippen LogP contribution in [0.1, 0.15) is 120 Å². The number of hydrogen-bond acceptors (Lipinski definition) is 29. The summed E-state index contributed by atoms with van der Waals surface area (Å²) in [6.45, 7) is 15.0. The highest BCUT2D eigenvalue weighted by Gasteiger charge is 2.46. The van der Waals surface area contributed by atoms with Crippen LogP contribution in [0.4, 0.5) is 0 Å². The normalized spacial score (nSPS) is 27.8. The van der Waals surface area contributed by atoms with Gasteiger partial charge in [-0.3, -0.25) is 38.4 Å². The molecule has 1 aliphatic carbocycles. The maximum Gasteiger partial charge on any atom is 0.224 e. The molecule has 1 aromatic rings. The van der Waals surface area contributed by atoms with Crippen LogP contribution in [0, 0.1) is 5.92 Å². The van der Waals surface area contributed by atoms with E-state index < -0.39 is 165 Å². The first-order valence-electron chi connectivity index (χ1n) is 35.8. The summed E-state index contributed by atoms with van der Waals surface area (Å²) in [7, 11) is 0. The molecule has 5 heterocycles. The number of ether oxygens (including phenoxy) is 5. The summed E-state index contributed by atoms with van der Waals surface area (Å²) in [6, 6.07) is 4.85. The number of allylic oxidation sites excluding steroid dienone is 5. The van der Waals surface area contributed by atoms with Gasteiger partial charge in [0.2, 0.25) is 47.3 Å². The van der Waals surface area contributed by atoms with Crippen molar-refractivity contribution in [3.8, 4) is 0 Å². The van der Waals surface area contributed by atoms with E-state index in [1.165, 1.54) is 65.0 Å². The lowest BCUT2D eigenvalue weighted by molar-refractivity contribution is -0.132. The number of aliphatic hydroxyl groups excluding tert-OH is 16. The predicted molar refractivity (Wildman–Crippen MR) is 385 cm³/mol. The molecule has 1 saturated carbocycles. The fourth-order valence-corrected chi connectivity index (χ4v) is 11.8. The maximum absolute atomic E-state index is 12.2. The largest absolute Gasteiger partial charge is 0.493 e. The Morgan fingerprint density at radius 2 is 0.761 bits per heavy atom. The van der Waals surface area contributed by atoms with Gasteiger partial charge in [0.1, 0.15) is 79.4 Å². The van der Waals surface area contributed by atoms with Gasteiger partial charge in [0.25, 0.3) is 0 Å². The fraction of sp³-hybridized carbons (Fsp3) is 0.667. The first kappa shape index (κ1) is 95.2. The Balaban J connectivity index is 0.000000355. The molecule has 8 amide bonds. The van der Waals surface area contributed by atoms with E-state index >= 15 is 0 Å². The minimum absolute atomic E-state index is 0.00408. The van der Waals surface area contributed by atoms with Crippen LogP contribution in [0.15, 0.2) is 89.5 Å². The molecule has 7 rings (SSSR count). The summed E-state index contributed by atoms with van der Waals surface area (Å²) in [5.74, 6) is -0.462. The molecule has 0 bridgehead atoms. The standard InChI is InChI=1S/C17H23NO6.C16H28N2O6.C15H24N2O6.C13H22N2O6.C11H19NO5/c1-10-7-12(20)15(17(24-10)16(23)13(21)9-19)18-14(22)8-11-5-3-2-4-6-11;1-4-5-6-13(22)17-8-12(21)15(23)16-14(18-10(3)19)11(20)7-9(2)24-16;1-7-5-10(19)12(17-8(2)18)14(23-7)13(21)11(20)6-16-15(22)9-3-4-9;1-6-4-9(18)11(15-8(3)17)13(21-6)12(20)10(19)5-14-7(2)16;1-6-3-9(16)11(12-7(2)14)10(17-6)4-8(15)5-13/h2-7,12-13,15-17,19-21,23H,8-9H2,1H3,(H,18,22);7,11-12,14-16,20-21,23H,4-6,8H2,1-3H3,(H,17,22)(H,18,19);5,9-14,19-21H,3-4,6H2,1-2H3,(H,16,22)(H,17,18);4,9-13,18-20H,5H2,1-3H3,(H,14,16)(H,15,17);3,8-11,13,15-16H,4-5H2,1-2H3,(H,12,14)/t12?,13-,15-,16-,17?;11?,12-,14-,15-,16?;10?,11-,12-,13-,14?;9?,10-,11-,12-,13?;8-,9?,10?,11+/m11110/s1. The highest BCUT2D eigenvalue weighted by atomic mass is 16.5. The van der Waals surface area contributed by atoms with Gasteiger partial charge in [-0.1, -0.05) is 43.7 Å². The molecule has 1 aromatic carbocycles. The molecule has 0 radical (unpaired) electrons. The zero-order valence-corrected chi connectivity index (χ0v) is 63.2. The lowest BCUT2D eigenvalue weighted by atomic mass is 9.93. The molecule has 1 fully saturated rings. The highest BCUT2D eigenvalue weighted by molar-refractivity contribution is 5.81. The lowest BCUT2D eigenvalue weighted by Gasteiger charge is -2.38.